The number of carbonyl (C=O) groups is 1. The molecule has 0 fully saturated rings. The molecule has 4 nitrogen and oxygen atoms in total. The van der Waals surface area contributed by atoms with E-state index in [0.29, 0.717) is 13.2 Å². The first-order valence-electron chi connectivity index (χ1n) is 5.90. The van der Waals surface area contributed by atoms with Crippen molar-refractivity contribution in [1.29, 1.82) is 0 Å². The number of carboxylic acids is 1. The molecule has 0 aliphatic rings. The number of hydrogen-bond donors (Lipinski definition) is 1. The van der Waals surface area contributed by atoms with Gasteiger partial charge in [0.25, 0.3) is 0 Å². The third kappa shape index (κ3) is 3.20. The largest absolute Gasteiger partial charge is 0.478 e. The van der Waals surface area contributed by atoms with Gasteiger partial charge in [-0.15, -0.1) is 0 Å². The normalized spacial score (nSPS) is 12.3. The Bertz CT molecular complexity index is 465. The quantitative estimate of drug-likeness (QED) is 0.865. The van der Waals surface area contributed by atoms with Crippen molar-refractivity contribution in [2.24, 2.45) is 0 Å². The molecule has 0 amide bonds. The summed E-state index contributed by atoms with van der Waals surface area (Å²) in [6, 6.07) is 2.19. The molecule has 0 bridgehead atoms. The van der Waals surface area contributed by atoms with Crippen molar-refractivity contribution in [2.75, 3.05) is 25.2 Å². The highest BCUT2D eigenvalue weighted by molar-refractivity contribution is 5.88. The summed E-state index contributed by atoms with van der Waals surface area (Å²) >= 11 is 0. The Hall–Kier alpha value is -1.69. The molecule has 1 aromatic rings. The topological polar surface area (TPSA) is 49.8 Å². The smallest absolute Gasteiger partial charge is 0.338 e. The second kappa shape index (κ2) is 6.47. The zero-order valence-electron chi connectivity index (χ0n) is 11.1. The van der Waals surface area contributed by atoms with E-state index in [1.807, 2.05) is 6.92 Å². The Kier molecular flexibility index (Phi) is 5.23. The highest BCUT2D eigenvalue weighted by atomic mass is 19.2. The summed E-state index contributed by atoms with van der Waals surface area (Å²) in [6.45, 7) is 4.42. The van der Waals surface area contributed by atoms with Crippen LogP contribution in [0.3, 0.4) is 0 Å². The van der Waals surface area contributed by atoms with E-state index in [1.165, 1.54) is 13.2 Å². The molecule has 0 saturated heterocycles. The first kappa shape index (κ1) is 15.4. The fourth-order valence-electron chi connectivity index (χ4n) is 1.98. The van der Waals surface area contributed by atoms with Crippen molar-refractivity contribution < 1.29 is 23.4 Å². The first-order valence-corrected chi connectivity index (χ1v) is 5.90. The van der Waals surface area contributed by atoms with E-state index in [1.54, 1.807) is 11.8 Å². The zero-order chi connectivity index (χ0) is 14.6. The molecule has 106 valence electrons. The summed E-state index contributed by atoms with van der Waals surface area (Å²) in [4.78, 5) is 12.3. The van der Waals surface area contributed by atoms with E-state index in [9.17, 15) is 13.6 Å². The van der Waals surface area contributed by atoms with Gasteiger partial charge < -0.3 is 14.7 Å². The van der Waals surface area contributed by atoms with Crippen molar-refractivity contribution >= 4 is 11.7 Å². The summed E-state index contributed by atoms with van der Waals surface area (Å²) in [5.41, 5.74) is -0.633. The van der Waals surface area contributed by atoms with Crippen LogP contribution >= 0.6 is 0 Å². The lowest BCUT2D eigenvalue weighted by Crippen LogP contribution is -2.37. The molecule has 1 N–H and O–H groups in total. The number of halogens is 2. The maximum absolute atomic E-state index is 13.9. The molecule has 0 heterocycles. The van der Waals surface area contributed by atoms with Gasteiger partial charge in [0.05, 0.1) is 17.9 Å². The van der Waals surface area contributed by atoms with Crippen LogP contribution in [0.25, 0.3) is 0 Å². The van der Waals surface area contributed by atoms with E-state index >= 15 is 0 Å². The summed E-state index contributed by atoms with van der Waals surface area (Å²) in [7, 11) is 1.52. The van der Waals surface area contributed by atoms with Gasteiger partial charge in [-0.05, 0) is 26.0 Å². The number of methoxy groups -OCH3 is 1. The number of likely N-dealkylation sites (N-methyl/N-ethyl adjacent to an activating group) is 1. The predicted molar refractivity (Wildman–Crippen MR) is 67.7 cm³/mol. The number of carboxylic acid groups (broad SMARTS) is 1. The van der Waals surface area contributed by atoms with Crippen LogP contribution in [0.4, 0.5) is 14.5 Å². The second-order valence-electron chi connectivity index (χ2n) is 4.16. The summed E-state index contributed by atoms with van der Waals surface area (Å²) in [6.07, 6.45) is 0. The lowest BCUT2D eigenvalue weighted by atomic mass is 10.1. The number of hydrogen-bond acceptors (Lipinski definition) is 3. The van der Waals surface area contributed by atoms with Crippen LogP contribution in [-0.2, 0) is 4.74 Å². The van der Waals surface area contributed by atoms with Gasteiger partial charge in [-0.3, -0.25) is 0 Å². The van der Waals surface area contributed by atoms with Crippen molar-refractivity contribution in [3.05, 3.63) is 29.3 Å². The Morgan fingerprint density at radius 3 is 2.53 bits per heavy atom. The van der Waals surface area contributed by atoms with Gasteiger partial charge in [0.15, 0.2) is 11.6 Å². The number of aromatic carboxylic acids is 1. The Morgan fingerprint density at radius 1 is 1.42 bits per heavy atom. The van der Waals surface area contributed by atoms with E-state index in [0.717, 1.165) is 6.07 Å². The SMILES string of the molecule is CCN(c1ccc(C(=O)O)c(F)c1F)C(C)COC. The molecular weight excluding hydrogens is 256 g/mol. The van der Waals surface area contributed by atoms with Crippen molar-refractivity contribution in [2.45, 2.75) is 19.9 Å². The average molecular weight is 273 g/mol. The van der Waals surface area contributed by atoms with Crippen LogP contribution in [-0.4, -0.2) is 37.4 Å². The summed E-state index contributed by atoms with van der Waals surface area (Å²) < 4.78 is 32.6. The number of ether oxygens (including phenoxy) is 1. The summed E-state index contributed by atoms with van der Waals surface area (Å²) in [5, 5.41) is 8.73. The molecule has 6 heteroatoms. The molecule has 0 aliphatic heterocycles. The van der Waals surface area contributed by atoms with Gasteiger partial charge in [0.2, 0.25) is 0 Å². The van der Waals surface area contributed by atoms with E-state index in [-0.39, 0.29) is 11.7 Å². The van der Waals surface area contributed by atoms with E-state index in [2.05, 4.69) is 0 Å². The van der Waals surface area contributed by atoms with Gasteiger partial charge in [-0.25, -0.2) is 13.6 Å². The number of rotatable bonds is 6. The fourth-order valence-corrected chi connectivity index (χ4v) is 1.98. The van der Waals surface area contributed by atoms with Gasteiger partial charge in [-0.1, -0.05) is 0 Å². The third-order valence-corrected chi connectivity index (χ3v) is 2.88. The van der Waals surface area contributed by atoms with E-state index < -0.39 is 23.2 Å². The molecule has 0 aliphatic carbocycles. The molecule has 0 radical (unpaired) electrons. The average Bonchev–Trinajstić information content (AvgIpc) is 2.35. The monoisotopic (exact) mass is 273 g/mol. The van der Waals surface area contributed by atoms with Crippen molar-refractivity contribution in [3.63, 3.8) is 0 Å². The van der Waals surface area contributed by atoms with Crippen LogP contribution in [0.1, 0.15) is 24.2 Å². The zero-order valence-corrected chi connectivity index (χ0v) is 11.1. The maximum Gasteiger partial charge on any atom is 0.338 e. The molecule has 0 spiro atoms. The van der Waals surface area contributed by atoms with Crippen molar-refractivity contribution in [3.8, 4) is 0 Å². The first-order chi connectivity index (χ1) is 8.93. The molecule has 1 aromatic carbocycles. The Morgan fingerprint density at radius 2 is 2.05 bits per heavy atom. The molecule has 0 aromatic heterocycles. The standard InChI is InChI=1S/C13H17F2NO3/c1-4-16(8(2)7-19-3)10-6-5-9(13(17)18)11(14)12(10)15/h5-6,8H,4,7H2,1-3H3,(H,17,18). The highest BCUT2D eigenvalue weighted by Crippen LogP contribution is 2.25. The maximum atomic E-state index is 13.9. The van der Waals surface area contributed by atoms with Crippen LogP contribution in [0.15, 0.2) is 12.1 Å². The lowest BCUT2D eigenvalue weighted by molar-refractivity contribution is 0.0690. The summed E-state index contributed by atoms with van der Waals surface area (Å²) in [5.74, 6) is -3.98. The minimum atomic E-state index is -1.49. The van der Waals surface area contributed by atoms with Gasteiger partial charge in [0.1, 0.15) is 0 Å². The van der Waals surface area contributed by atoms with Crippen LogP contribution in [0, 0.1) is 11.6 Å². The number of nitrogens with zero attached hydrogens (tertiary/aromatic N) is 1. The lowest BCUT2D eigenvalue weighted by Gasteiger charge is -2.30. The molecule has 0 saturated carbocycles. The molecular formula is C13H17F2NO3. The molecule has 19 heavy (non-hydrogen) atoms. The second-order valence-corrected chi connectivity index (χ2v) is 4.16. The van der Waals surface area contributed by atoms with Crippen LogP contribution < -0.4 is 4.90 Å². The van der Waals surface area contributed by atoms with Crippen LogP contribution in [0.2, 0.25) is 0 Å². The van der Waals surface area contributed by atoms with Gasteiger partial charge >= 0.3 is 5.97 Å². The number of anilines is 1. The van der Waals surface area contributed by atoms with Gasteiger partial charge in [-0.2, -0.15) is 0 Å². The fraction of sp³-hybridized carbons (Fsp3) is 0.462. The predicted octanol–water partition coefficient (Wildman–Crippen LogP) is 2.52. The third-order valence-electron chi connectivity index (χ3n) is 2.88. The Labute approximate surface area is 110 Å². The highest BCUT2D eigenvalue weighted by Gasteiger charge is 2.23. The molecule has 1 atom stereocenters. The van der Waals surface area contributed by atoms with E-state index in [4.69, 9.17) is 9.84 Å². The minimum absolute atomic E-state index is 0.0366. The van der Waals surface area contributed by atoms with Crippen molar-refractivity contribution in [1.82, 2.24) is 0 Å². The van der Waals surface area contributed by atoms with Gasteiger partial charge in [0, 0.05) is 19.7 Å². The Balaban J connectivity index is 3.19. The molecule has 1 unspecified atom stereocenters. The van der Waals surface area contributed by atoms with Crippen LogP contribution in [0.5, 0.6) is 0 Å². The minimum Gasteiger partial charge on any atom is -0.478 e. The number of benzene rings is 1. The molecule has 1 rings (SSSR count).